The number of hydrogen-bond acceptors (Lipinski definition) is 8. The molecule has 2 aromatic rings. The smallest absolute Gasteiger partial charge is 0.343 e. The summed E-state index contributed by atoms with van der Waals surface area (Å²) in [6, 6.07) is 0. The zero-order chi connectivity index (χ0) is 13.8. The van der Waals surface area contributed by atoms with Crippen LogP contribution >= 0.6 is 23.1 Å². The Balaban J connectivity index is 2.38. The fourth-order valence-electron chi connectivity index (χ4n) is 1.36. The number of nitro groups is 1. The van der Waals surface area contributed by atoms with Crippen molar-refractivity contribution in [1.82, 2.24) is 15.0 Å². The molecule has 0 fully saturated rings. The SMILES string of the molecule is CCNc1ncnc(Sc2nc(C)cs2)c1[N+](=O)[O-]. The molecule has 0 aliphatic carbocycles. The van der Waals surface area contributed by atoms with E-state index in [9.17, 15) is 10.1 Å². The van der Waals surface area contributed by atoms with Crippen molar-refractivity contribution in [2.45, 2.75) is 23.2 Å². The van der Waals surface area contributed by atoms with Crippen LogP contribution in [0.5, 0.6) is 0 Å². The number of anilines is 1. The number of rotatable bonds is 5. The molecule has 0 bridgehead atoms. The van der Waals surface area contributed by atoms with Crippen molar-refractivity contribution < 1.29 is 4.92 Å². The molecular formula is C10H11N5O2S2. The van der Waals surface area contributed by atoms with E-state index in [1.807, 2.05) is 19.2 Å². The van der Waals surface area contributed by atoms with Gasteiger partial charge in [0.05, 0.1) is 4.92 Å². The van der Waals surface area contributed by atoms with Crippen molar-refractivity contribution in [3.8, 4) is 0 Å². The van der Waals surface area contributed by atoms with E-state index in [1.165, 1.54) is 29.4 Å². The third-order valence-corrected chi connectivity index (χ3v) is 4.15. The first kappa shape index (κ1) is 13.7. The van der Waals surface area contributed by atoms with Gasteiger partial charge in [0.15, 0.2) is 9.37 Å². The Bertz CT molecular complexity index is 601. The average molecular weight is 297 g/mol. The van der Waals surface area contributed by atoms with Crippen LogP contribution in [0.3, 0.4) is 0 Å². The summed E-state index contributed by atoms with van der Waals surface area (Å²) in [6.07, 6.45) is 1.31. The zero-order valence-corrected chi connectivity index (χ0v) is 11.9. The number of aromatic nitrogens is 3. The first-order chi connectivity index (χ1) is 9.11. The van der Waals surface area contributed by atoms with Crippen LogP contribution < -0.4 is 5.32 Å². The summed E-state index contributed by atoms with van der Waals surface area (Å²) < 4.78 is 0.724. The van der Waals surface area contributed by atoms with Crippen molar-refractivity contribution in [3.05, 3.63) is 27.5 Å². The van der Waals surface area contributed by atoms with Crippen LogP contribution in [0, 0.1) is 17.0 Å². The van der Waals surface area contributed by atoms with Crippen LogP contribution in [0.4, 0.5) is 11.5 Å². The molecule has 1 N–H and O–H groups in total. The van der Waals surface area contributed by atoms with Crippen LogP contribution in [-0.4, -0.2) is 26.4 Å². The van der Waals surface area contributed by atoms with Gasteiger partial charge >= 0.3 is 5.69 Å². The van der Waals surface area contributed by atoms with Gasteiger partial charge in [0.25, 0.3) is 0 Å². The number of thiazole rings is 1. The van der Waals surface area contributed by atoms with E-state index in [4.69, 9.17) is 0 Å². The minimum atomic E-state index is -0.471. The van der Waals surface area contributed by atoms with E-state index in [2.05, 4.69) is 20.3 Å². The number of nitrogens with one attached hydrogen (secondary N) is 1. The van der Waals surface area contributed by atoms with E-state index in [0.29, 0.717) is 11.6 Å². The van der Waals surface area contributed by atoms with E-state index >= 15 is 0 Å². The van der Waals surface area contributed by atoms with Gasteiger partial charge in [-0.25, -0.2) is 15.0 Å². The molecule has 19 heavy (non-hydrogen) atoms. The summed E-state index contributed by atoms with van der Waals surface area (Å²) in [5.74, 6) is 0.235. The summed E-state index contributed by atoms with van der Waals surface area (Å²) in [5.41, 5.74) is 0.776. The highest BCUT2D eigenvalue weighted by Gasteiger charge is 2.24. The molecule has 2 aromatic heterocycles. The van der Waals surface area contributed by atoms with Crippen molar-refractivity contribution in [1.29, 1.82) is 0 Å². The fraction of sp³-hybridized carbons (Fsp3) is 0.300. The Kier molecular flexibility index (Phi) is 4.27. The molecule has 0 saturated heterocycles. The first-order valence-corrected chi connectivity index (χ1v) is 7.14. The summed E-state index contributed by atoms with van der Waals surface area (Å²) in [7, 11) is 0. The molecule has 2 rings (SSSR count). The lowest BCUT2D eigenvalue weighted by atomic mass is 10.5. The van der Waals surface area contributed by atoms with Gasteiger partial charge in [0.1, 0.15) is 6.33 Å². The summed E-state index contributed by atoms with van der Waals surface area (Å²) in [6.45, 7) is 4.28. The topological polar surface area (TPSA) is 93.8 Å². The Hall–Kier alpha value is -1.74. The number of hydrogen-bond donors (Lipinski definition) is 1. The highest BCUT2D eigenvalue weighted by atomic mass is 32.2. The van der Waals surface area contributed by atoms with Crippen LogP contribution in [-0.2, 0) is 0 Å². The minimum absolute atomic E-state index is 0.109. The Labute approximate surface area is 117 Å². The molecule has 100 valence electrons. The van der Waals surface area contributed by atoms with E-state index in [0.717, 1.165) is 10.0 Å². The molecule has 2 heterocycles. The molecule has 0 aliphatic rings. The largest absolute Gasteiger partial charge is 0.364 e. The number of aryl methyl sites for hydroxylation is 1. The molecule has 0 aliphatic heterocycles. The molecule has 9 heteroatoms. The second-order valence-corrected chi connectivity index (χ2v) is 5.61. The van der Waals surface area contributed by atoms with Gasteiger partial charge in [0.2, 0.25) is 5.82 Å². The normalized spacial score (nSPS) is 10.4. The van der Waals surface area contributed by atoms with Crippen molar-refractivity contribution in [2.24, 2.45) is 0 Å². The van der Waals surface area contributed by atoms with Crippen molar-refractivity contribution >= 4 is 34.6 Å². The predicted molar refractivity (Wildman–Crippen MR) is 73.8 cm³/mol. The summed E-state index contributed by atoms with van der Waals surface area (Å²) in [4.78, 5) is 22.8. The predicted octanol–water partition coefficient (Wildman–Crippen LogP) is 2.73. The standard InChI is InChI=1S/C10H11N5O2S2/c1-3-11-8-7(15(16)17)9(13-5-12-8)19-10-14-6(2)4-18-10/h4-5H,3H2,1-2H3,(H,11,12,13). The Morgan fingerprint density at radius 1 is 1.53 bits per heavy atom. The van der Waals surface area contributed by atoms with Crippen molar-refractivity contribution in [3.63, 3.8) is 0 Å². The third kappa shape index (κ3) is 3.18. The Morgan fingerprint density at radius 2 is 2.32 bits per heavy atom. The maximum atomic E-state index is 11.2. The number of nitrogens with zero attached hydrogens (tertiary/aromatic N) is 4. The van der Waals surface area contributed by atoms with E-state index in [-0.39, 0.29) is 11.5 Å². The quantitative estimate of drug-likeness (QED) is 0.515. The lowest BCUT2D eigenvalue weighted by Crippen LogP contribution is -2.05. The monoisotopic (exact) mass is 297 g/mol. The van der Waals surface area contributed by atoms with E-state index in [1.54, 1.807) is 0 Å². The average Bonchev–Trinajstić information content (AvgIpc) is 2.75. The maximum absolute atomic E-state index is 11.2. The molecule has 0 saturated carbocycles. The van der Waals surface area contributed by atoms with Gasteiger partial charge in [-0.1, -0.05) is 0 Å². The highest BCUT2D eigenvalue weighted by molar-refractivity contribution is 8.01. The van der Waals surface area contributed by atoms with Gasteiger partial charge in [-0.2, -0.15) is 0 Å². The van der Waals surface area contributed by atoms with Crippen molar-refractivity contribution in [2.75, 3.05) is 11.9 Å². The lowest BCUT2D eigenvalue weighted by Gasteiger charge is -2.05. The molecule has 0 atom stereocenters. The first-order valence-electron chi connectivity index (χ1n) is 5.45. The molecule has 0 spiro atoms. The van der Waals surface area contributed by atoms with Gasteiger partial charge in [-0.15, -0.1) is 11.3 Å². The van der Waals surface area contributed by atoms with Gasteiger partial charge in [-0.05, 0) is 25.6 Å². The third-order valence-electron chi connectivity index (χ3n) is 2.10. The molecule has 0 aromatic carbocycles. The molecule has 0 unspecified atom stereocenters. The van der Waals surface area contributed by atoms with Gasteiger partial charge in [-0.3, -0.25) is 10.1 Å². The summed E-state index contributed by atoms with van der Waals surface area (Å²) in [5, 5.41) is 16.2. The van der Waals surface area contributed by atoms with Gasteiger partial charge in [0, 0.05) is 17.6 Å². The van der Waals surface area contributed by atoms with Crippen LogP contribution in [0.2, 0.25) is 0 Å². The second-order valence-electron chi connectivity index (χ2n) is 3.52. The molecule has 7 nitrogen and oxygen atoms in total. The second kappa shape index (κ2) is 5.93. The lowest BCUT2D eigenvalue weighted by molar-refractivity contribution is -0.387. The minimum Gasteiger partial charge on any atom is -0.364 e. The molecular weight excluding hydrogens is 286 g/mol. The Morgan fingerprint density at radius 3 is 2.89 bits per heavy atom. The molecule has 0 radical (unpaired) electrons. The van der Waals surface area contributed by atoms with Gasteiger partial charge < -0.3 is 5.32 Å². The maximum Gasteiger partial charge on any atom is 0.343 e. The zero-order valence-electron chi connectivity index (χ0n) is 10.3. The van der Waals surface area contributed by atoms with Crippen LogP contribution in [0.15, 0.2) is 21.1 Å². The highest BCUT2D eigenvalue weighted by Crippen LogP contribution is 2.37. The molecule has 0 amide bonds. The van der Waals surface area contributed by atoms with Crippen LogP contribution in [0.25, 0.3) is 0 Å². The fourth-order valence-corrected chi connectivity index (χ4v) is 3.18. The van der Waals surface area contributed by atoms with Crippen LogP contribution in [0.1, 0.15) is 12.6 Å². The van der Waals surface area contributed by atoms with E-state index < -0.39 is 4.92 Å². The summed E-state index contributed by atoms with van der Waals surface area (Å²) >= 11 is 2.61.